The third-order valence-electron chi connectivity index (χ3n) is 4.20. The number of nitrogens with two attached hydrogens (primary N) is 1. The summed E-state index contributed by atoms with van der Waals surface area (Å²) in [4.78, 5) is 13.8. The van der Waals surface area contributed by atoms with Crippen LogP contribution in [0.3, 0.4) is 0 Å². The maximum Gasteiger partial charge on any atom is 0.161 e. The lowest BCUT2D eigenvalue weighted by Crippen LogP contribution is -2.26. The monoisotopic (exact) mass is 280 g/mol. The maximum absolute atomic E-state index is 11.5. The molecule has 0 bridgehead atoms. The summed E-state index contributed by atoms with van der Waals surface area (Å²) < 4.78 is 0. The number of benzene rings is 2. The second-order valence-electron chi connectivity index (χ2n) is 5.58. The highest BCUT2D eigenvalue weighted by molar-refractivity contribution is 5.99. The fraction of sp³-hybridized carbons (Fsp3) is 0.278. The van der Waals surface area contributed by atoms with Gasteiger partial charge in [0.2, 0.25) is 0 Å². The van der Waals surface area contributed by atoms with Crippen molar-refractivity contribution in [2.45, 2.75) is 19.8 Å². The van der Waals surface area contributed by atoms with E-state index < -0.39 is 0 Å². The molecular weight excluding hydrogens is 260 g/mol. The molecule has 3 rings (SSSR count). The molecule has 0 saturated heterocycles. The minimum Gasteiger partial charge on any atom is -0.398 e. The van der Waals surface area contributed by atoms with Crippen LogP contribution in [0.25, 0.3) is 0 Å². The molecule has 1 aliphatic rings. The third kappa shape index (κ3) is 2.77. The Morgan fingerprint density at radius 3 is 2.19 bits per heavy atom. The Hall–Kier alpha value is -2.29. The van der Waals surface area contributed by atoms with E-state index in [1.54, 1.807) is 6.92 Å². The average Bonchev–Trinajstić information content (AvgIpc) is 2.69. The van der Waals surface area contributed by atoms with Gasteiger partial charge in [-0.2, -0.15) is 0 Å². The van der Waals surface area contributed by atoms with Gasteiger partial charge in [0.05, 0.1) is 0 Å². The zero-order valence-electron chi connectivity index (χ0n) is 12.3. The van der Waals surface area contributed by atoms with Gasteiger partial charge in [-0.1, -0.05) is 24.3 Å². The summed E-state index contributed by atoms with van der Waals surface area (Å²) in [5.41, 5.74) is 11.2. The quantitative estimate of drug-likeness (QED) is 0.679. The topological polar surface area (TPSA) is 46.3 Å². The minimum absolute atomic E-state index is 0.0160. The molecule has 0 saturated carbocycles. The zero-order chi connectivity index (χ0) is 14.8. The van der Waals surface area contributed by atoms with Crippen molar-refractivity contribution in [3.63, 3.8) is 0 Å². The van der Waals surface area contributed by atoms with Crippen LogP contribution in [-0.4, -0.2) is 18.9 Å². The van der Waals surface area contributed by atoms with E-state index in [1.807, 2.05) is 18.2 Å². The number of carbonyl (C=O) groups excluding carboxylic acids is 1. The van der Waals surface area contributed by atoms with Crippen molar-refractivity contribution in [1.82, 2.24) is 0 Å². The number of hydrogen-bond acceptors (Lipinski definition) is 3. The van der Waals surface area contributed by atoms with Gasteiger partial charge in [0, 0.05) is 30.0 Å². The van der Waals surface area contributed by atoms with E-state index in [4.69, 9.17) is 5.73 Å². The number of carbonyl (C=O) groups is 1. The number of anilines is 2. The van der Waals surface area contributed by atoms with Gasteiger partial charge in [-0.3, -0.25) is 4.79 Å². The van der Waals surface area contributed by atoms with E-state index in [2.05, 4.69) is 29.2 Å². The highest BCUT2D eigenvalue weighted by Crippen LogP contribution is 2.25. The van der Waals surface area contributed by atoms with Crippen LogP contribution in [0.5, 0.6) is 0 Å². The lowest BCUT2D eigenvalue weighted by Gasteiger charge is -2.23. The minimum atomic E-state index is 0.0160. The molecule has 0 unspecified atom stereocenters. The first-order chi connectivity index (χ1) is 10.1. The predicted octanol–water partition coefficient (Wildman–Crippen LogP) is 3.08. The molecule has 108 valence electrons. The van der Waals surface area contributed by atoms with Crippen molar-refractivity contribution in [1.29, 1.82) is 0 Å². The molecule has 2 N–H and O–H groups in total. The summed E-state index contributed by atoms with van der Waals surface area (Å²) in [5, 5.41) is 0. The van der Waals surface area contributed by atoms with E-state index in [9.17, 15) is 4.79 Å². The first kappa shape index (κ1) is 13.7. The molecule has 0 fully saturated rings. The Bertz CT molecular complexity index is 652. The molecule has 1 aliphatic heterocycles. The molecule has 3 nitrogen and oxygen atoms in total. The van der Waals surface area contributed by atoms with Crippen molar-refractivity contribution < 1.29 is 4.79 Å². The number of rotatable bonds is 2. The van der Waals surface area contributed by atoms with E-state index in [1.165, 1.54) is 11.1 Å². The first-order valence-corrected chi connectivity index (χ1v) is 7.37. The Labute approximate surface area is 125 Å². The normalized spacial score (nSPS) is 14.4. The molecule has 21 heavy (non-hydrogen) atoms. The first-order valence-electron chi connectivity index (χ1n) is 7.37. The van der Waals surface area contributed by atoms with E-state index in [0.717, 1.165) is 31.6 Å². The molecule has 0 atom stereocenters. The standard InChI is InChI=1S/C18H20N2O/c1-13(21)17-7-6-16(12-18(17)19)20-10-8-14-4-2-3-5-15(14)9-11-20/h2-7,12H,8-11,19H2,1H3. The molecule has 2 aromatic carbocycles. The Morgan fingerprint density at radius 2 is 1.67 bits per heavy atom. The van der Waals surface area contributed by atoms with Crippen LogP contribution < -0.4 is 10.6 Å². The van der Waals surface area contributed by atoms with Gasteiger partial charge in [0.25, 0.3) is 0 Å². The molecule has 3 heteroatoms. The van der Waals surface area contributed by atoms with Crippen LogP contribution in [0.4, 0.5) is 11.4 Å². The lowest BCUT2D eigenvalue weighted by molar-refractivity contribution is 0.101. The highest BCUT2D eigenvalue weighted by atomic mass is 16.1. The average molecular weight is 280 g/mol. The number of Topliss-reactive ketones (excluding diaryl/α,β-unsaturated/α-hetero) is 1. The van der Waals surface area contributed by atoms with Crippen LogP contribution in [-0.2, 0) is 12.8 Å². The van der Waals surface area contributed by atoms with Gasteiger partial charge < -0.3 is 10.6 Å². The largest absolute Gasteiger partial charge is 0.398 e. The fourth-order valence-electron chi connectivity index (χ4n) is 2.99. The number of hydrogen-bond donors (Lipinski definition) is 1. The fourth-order valence-corrected chi connectivity index (χ4v) is 2.99. The van der Waals surface area contributed by atoms with Crippen LogP contribution in [0.1, 0.15) is 28.4 Å². The van der Waals surface area contributed by atoms with Crippen molar-refractivity contribution in [2.24, 2.45) is 0 Å². The molecule has 0 spiro atoms. The van der Waals surface area contributed by atoms with Gasteiger partial charge in [-0.05, 0) is 49.1 Å². The number of fused-ring (bicyclic) bond motifs is 1. The van der Waals surface area contributed by atoms with Crippen LogP contribution in [0, 0.1) is 0 Å². The number of ketones is 1. The molecule has 0 amide bonds. The molecular formula is C18H20N2O. The van der Waals surface area contributed by atoms with E-state index in [-0.39, 0.29) is 5.78 Å². The molecule has 1 heterocycles. The van der Waals surface area contributed by atoms with E-state index in [0.29, 0.717) is 11.3 Å². The highest BCUT2D eigenvalue weighted by Gasteiger charge is 2.15. The van der Waals surface area contributed by atoms with Gasteiger partial charge in [-0.25, -0.2) is 0 Å². The molecule has 0 aliphatic carbocycles. The Morgan fingerprint density at radius 1 is 1.05 bits per heavy atom. The van der Waals surface area contributed by atoms with Crippen LogP contribution in [0.15, 0.2) is 42.5 Å². The number of nitrogen functional groups attached to an aromatic ring is 1. The summed E-state index contributed by atoms with van der Waals surface area (Å²) in [7, 11) is 0. The summed E-state index contributed by atoms with van der Waals surface area (Å²) in [5.74, 6) is 0.0160. The van der Waals surface area contributed by atoms with Crippen molar-refractivity contribution in [3.8, 4) is 0 Å². The van der Waals surface area contributed by atoms with Crippen molar-refractivity contribution in [2.75, 3.05) is 23.7 Å². The second kappa shape index (κ2) is 5.60. The second-order valence-corrected chi connectivity index (χ2v) is 5.58. The smallest absolute Gasteiger partial charge is 0.161 e. The van der Waals surface area contributed by atoms with Gasteiger partial charge in [0.15, 0.2) is 5.78 Å². The number of nitrogens with zero attached hydrogens (tertiary/aromatic N) is 1. The predicted molar refractivity (Wildman–Crippen MR) is 86.9 cm³/mol. The lowest BCUT2D eigenvalue weighted by atomic mass is 10.0. The Kier molecular flexibility index (Phi) is 3.65. The molecule has 0 aromatic heterocycles. The van der Waals surface area contributed by atoms with Gasteiger partial charge >= 0.3 is 0 Å². The third-order valence-corrected chi connectivity index (χ3v) is 4.20. The summed E-state index contributed by atoms with van der Waals surface area (Å²) in [6.45, 7) is 3.51. The van der Waals surface area contributed by atoms with E-state index >= 15 is 0 Å². The summed E-state index contributed by atoms with van der Waals surface area (Å²) in [6, 6.07) is 14.4. The SMILES string of the molecule is CC(=O)c1ccc(N2CCc3ccccc3CC2)cc1N. The van der Waals surface area contributed by atoms with Crippen molar-refractivity contribution >= 4 is 17.2 Å². The van der Waals surface area contributed by atoms with Crippen LogP contribution in [0.2, 0.25) is 0 Å². The summed E-state index contributed by atoms with van der Waals surface area (Å²) in [6.07, 6.45) is 2.09. The van der Waals surface area contributed by atoms with Crippen LogP contribution >= 0.6 is 0 Å². The molecule has 2 aromatic rings. The van der Waals surface area contributed by atoms with Gasteiger partial charge in [-0.15, -0.1) is 0 Å². The maximum atomic E-state index is 11.5. The van der Waals surface area contributed by atoms with Gasteiger partial charge in [0.1, 0.15) is 0 Å². The zero-order valence-corrected chi connectivity index (χ0v) is 12.3. The Balaban J connectivity index is 1.83. The van der Waals surface area contributed by atoms with Crippen molar-refractivity contribution in [3.05, 3.63) is 59.2 Å². The summed E-state index contributed by atoms with van der Waals surface area (Å²) >= 11 is 0. The molecule has 0 radical (unpaired) electrons.